The van der Waals surface area contributed by atoms with Crippen LogP contribution in [0.25, 0.3) is 0 Å². The summed E-state index contributed by atoms with van der Waals surface area (Å²) in [7, 11) is -4.20. The molecule has 0 aliphatic heterocycles. The molecule has 1 N–H and O–H groups in total. The monoisotopic (exact) mass is 653 g/mol. The minimum Gasteiger partial charge on any atom is -0.352 e. The second kappa shape index (κ2) is 13.2. The topological polar surface area (TPSA) is 86.8 Å². The number of amides is 2. The van der Waals surface area contributed by atoms with E-state index in [0.717, 1.165) is 19.9 Å². The van der Waals surface area contributed by atoms with Gasteiger partial charge in [0.05, 0.1) is 20.6 Å². The molecule has 39 heavy (non-hydrogen) atoms. The van der Waals surface area contributed by atoms with Crippen LogP contribution in [0.4, 0.5) is 5.69 Å². The van der Waals surface area contributed by atoms with Crippen LogP contribution < -0.4 is 9.62 Å². The molecule has 0 radical (unpaired) electrons. The standard InChI is InChI=1S/C28H30BrCl2N3O4S/c1-18(2)32-28(36)20(4)33(16-21-6-5-7-22(29)14-21)27(35)17-34(23-10-13-25(30)26(31)15-23)39(37,38)24-11-8-19(3)9-12-24/h5-15,18,20H,16-17H2,1-4H3,(H,32,36). The zero-order valence-corrected chi connectivity index (χ0v) is 25.9. The summed E-state index contributed by atoms with van der Waals surface area (Å²) >= 11 is 15.8. The number of carbonyl (C=O) groups is 2. The molecular weight excluding hydrogens is 625 g/mol. The van der Waals surface area contributed by atoms with Crippen molar-refractivity contribution >= 4 is 66.7 Å². The summed E-state index contributed by atoms with van der Waals surface area (Å²) in [5, 5.41) is 3.21. The fourth-order valence-electron chi connectivity index (χ4n) is 3.83. The Hall–Kier alpha value is -2.59. The maximum Gasteiger partial charge on any atom is 0.264 e. The van der Waals surface area contributed by atoms with Crippen LogP contribution in [-0.4, -0.2) is 43.8 Å². The van der Waals surface area contributed by atoms with E-state index >= 15 is 0 Å². The van der Waals surface area contributed by atoms with Crippen LogP contribution in [-0.2, 0) is 26.2 Å². The summed E-state index contributed by atoms with van der Waals surface area (Å²) in [5.74, 6) is -0.918. The Kier molecular flexibility index (Phi) is 10.5. The molecule has 3 aromatic carbocycles. The van der Waals surface area contributed by atoms with Crippen molar-refractivity contribution in [2.24, 2.45) is 0 Å². The Balaban J connectivity index is 2.06. The molecule has 0 saturated carbocycles. The lowest BCUT2D eigenvalue weighted by atomic mass is 10.1. The molecule has 0 aliphatic carbocycles. The fraction of sp³-hybridized carbons (Fsp3) is 0.286. The van der Waals surface area contributed by atoms with E-state index in [1.165, 1.54) is 35.2 Å². The molecule has 208 valence electrons. The van der Waals surface area contributed by atoms with Gasteiger partial charge in [-0.2, -0.15) is 0 Å². The van der Waals surface area contributed by atoms with Gasteiger partial charge in [-0.05, 0) is 75.7 Å². The van der Waals surface area contributed by atoms with Gasteiger partial charge in [0.25, 0.3) is 10.0 Å². The number of hydrogen-bond acceptors (Lipinski definition) is 4. The highest BCUT2D eigenvalue weighted by Crippen LogP contribution is 2.31. The fourth-order valence-corrected chi connectivity index (χ4v) is 5.97. The summed E-state index contributed by atoms with van der Waals surface area (Å²) in [4.78, 5) is 28.2. The quantitative estimate of drug-likeness (QED) is 0.282. The van der Waals surface area contributed by atoms with E-state index in [1.807, 2.05) is 45.0 Å². The molecular formula is C28H30BrCl2N3O4S. The second-order valence-electron chi connectivity index (χ2n) is 9.41. The molecule has 0 saturated heterocycles. The summed E-state index contributed by atoms with van der Waals surface area (Å²) in [6.45, 7) is 6.63. The number of rotatable bonds is 10. The van der Waals surface area contributed by atoms with Crippen LogP contribution in [0, 0.1) is 6.92 Å². The third-order valence-corrected chi connectivity index (χ3v) is 8.94. The van der Waals surface area contributed by atoms with Crippen LogP contribution in [0.5, 0.6) is 0 Å². The molecule has 2 amide bonds. The summed E-state index contributed by atoms with van der Waals surface area (Å²) in [5.41, 5.74) is 1.82. The molecule has 0 aromatic heterocycles. The van der Waals surface area contributed by atoms with Gasteiger partial charge in [-0.15, -0.1) is 0 Å². The van der Waals surface area contributed by atoms with E-state index in [1.54, 1.807) is 19.1 Å². The lowest BCUT2D eigenvalue weighted by Gasteiger charge is -2.32. The van der Waals surface area contributed by atoms with Gasteiger partial charge in [0, 0.05) is 17.1 Å². The third kappa shape index (κ3) is 7.97. The molecule has 1 unspecified atom stereocenters. The molecule has 1 atom stereocenters. The van der Waals surface area contributed by atoms with E-state index in [2.05, 4.69) is 21.2 Å². The molecule has 3 rings (SSSR count). The molecule has 7 nitrogen and oxygen atoms in total. The van der Waals surface area contributed by atoms with E-state index in [0.29, 0.717) is 0 Å². The first-order chi connectivity index (χ1) is 18.3. The van der Waals surface area contributed by atoms with Gasteiger partial charge in [0.15, 0.2) is 0 Å². The van der Waals surface area contributed by atoms with Gasteiger partial charge in [-0.3, -0.25) is 13.9 Å². The Morgan fingerprint density at radius 2 is 1.62 bits per heavy atom. The normalized spacial score (nSPS) is 12.2. The minimum absolute atomic E-state index is 0.0103. The molecule has 0 heterocycles. The van der Waals surface area contributed by atoms with Crippen molar-refractivity contribution in [3.05, 3.63) is 92.4 Å². The smallest absolute Gasteiger partial charge is 0.264 e. The van der Waals surface area contributed by atoms with Crippen molar-refractivity contribution < 1.29 is 18.0 Å². The van der Waals surface area contributed by atoms with Crippen molar-refractivity contribution in [2.75, 3.05) is 10.8 Å². The minimum atomic E-state index is -4.20. The Morgan fingerprint density at radius 1 is 0.949 bits per heavy atom. The predicted molar refractivity (Wildman–Crippen MR) is 160 cm³/mol. The first kappa shape index (κ1) is 30.9. The SMILES string of the molecule is Cc1ccc(S(=O)(=O)N(CC(=O)N(Cc2cccc(Br)c2)C(C)C(=O)NC(C)C)c2ccc(Cl)c(Cl)c2)cc1. The zero-order valence-electron chi connectivity index (χ0n) is 22.0. The number of nitrogens with zero attached hydrogens (tertiary/aromatic N) is 2. The Bertz CT molecular complexity index is 1450. The van der Waals surface area contributed by atoms with E-state index in [9.17, 15) is 18.0 Å². The number of carbonyl (C=O) groups excluding carboxylic acids is 2. The number of sulfonamides is 1. The maximum absolute atomic E-state index is 13.9. The van der Waals surface area contributed by atoms with Crippen molar-refractivity contribution in [3.8, 4) is 0 Å². The lowest BCUT2D eigenvalue weighted by molar-refractivity contribution is -0.139. The van der Waals surface area contributed by atoms with Crippen molar-refractivity contribution in [1.82, 2.24) is 10.2 Å². The number of anilines is 1. The summed E-state index contributed by atoms with van der Waals surface area (Å²) < 4.78 is 29.5. The van der Waals surface area contributed by atoms with Crippen LogP contribution in [0.1, 0.15) is 31.9 Å². The average molecular weight is 655 g/mol. The lowest BCUT2D eigenvalue weighted by Crippen LogP contribution is -2.52. The zero-order chi connectivity index (χ0) is 28.9. The average Bonchev–Trinajstić information content (AvgIpc) is 2.87. The first-order valence-electron chi connectivity index (χ1n) is 12.2. The van der Waals surface area contributed by atoms with Crippen LogP contribution >= 0.6 is 39.1 Å². The predicted octanol–water partition coefficient (Wildman–Crippen LogP) is 6.20. The van der Waals surface area contributed by atoms with Gasteiger partial charge >= 0.3 is 0 Å². The molecule has 0 aliphatic rings. The van der Waals surface area contributed by atoms with Gasteiger partial charge in [0.1, 0.15) is 12.6 Å². The van der Waals surface area contributed by atoms with Crippen LogP contribution in [0.3, 0.4) is 0 Å². The van der Waals surface area contributed by atoms with E-state index in [-0.39, 0.29) is 39.1 Å². The number of halogens is 3. The number of nitrogens with one attached hydrogen (secondary N) is 1. The highest BCUT2D eigenvalue weighted by molar-refractivity contribution is 9.10. The molecule has 0 spiro atoms. The summed E-state index contributed by atoms with van der Waals surface area (Å²) in [6.07, 6.45) is 0. The maximum atomic E-state index is 13.9. The molecule has 0 fully saturated rings. The highest BCUT2D eigenvalue weighted by atomic mass is 79.9. The van der Waals surface area contributed by atoms with Crippen molar-refractivity contribution in [1.29, 1.82) is 0 Å². The summed E-state index contributed by atoms with van der Waals surface area (Å²) in [6, 6.07) is 17.0. The van der Waals surface area contributed by atoms with E-state index in [4.69, 9.17) is 23.2 Å². The van der Waals surface area contributed by atoms with Crippen LogP contribution in [0.2, 0.25) is 10.0 Å². The Labute approximate surface area is 248 Å². The van der Waals surface area contributed by atoms with Crippen molar-refractivity contribution in [2.45, 2.75) is 51.2 Å². The van der Waals surface area contributed by atoms with Crippen molar-refractivity contribution in [3.63, 3.8) is 0 Å². The van der Waals surface area contributed by atoms with E-state index < -0.39 is 28.5 Å². The molecule has 3 aromatic rings. The third-order valence-electron chi connectivity index (χ3n) is 5.92. The number of benzene rings is 3. The second-order valence-corrected chi connectivity index (χ2v) is 13.0. The van der Waals surface area contributed by atoms with Crippen LogP contribution in [0.15, 0.2) is 76.1 Å². The van der Waals surface area contributed by atoms with Gasteiger partial charge in [0.2, 0.25) is 11.8 Å². The Morgan fingerprint density at radius 3 is 2.21 bits per heavy atom. The molecule has 0 bridgehead atoms. The van der Waals surface area contributed by atoms with Gasteiger partial charge in [-0.1, -0.05) is 69.0 Å². The van der Waals surface area contributed by atoms with Gasteiger partial charge in [-0.25, -0.2) is 8.42 Å². The first-order valence-corrected chi connectivity index (χ1v) is 15.2. The largest absolute Gasteiger partial charge is 0.352 e. The highest BCUT2D eigenvalue weighted by Gasteiger charge is 2.33. The van der Waals surface area contributed by atoms with Gasteiger partial charge < -0.3 is 10.2 Å². The number of aryl methyl sites for hydroxylation is 1. The number of hydrogen-bond donors (Lipinski definition) is 1. The molecule has 11 heteroatoms.